The molecule has 0 radical (unpaired) electrons. The minimum absolute atomic E-state index is 0.149. The number of aromatic nitrogens is 2. The number of hydrogen-bond acceptors (Lipinski definition) is 5. The Kier molecular flexibility index (Phi) is 5.06. The molecule has 7 nitrogen and oxygen atoms in total. The second-order valence-electron chi connectivity index (χ2n) is 3.71. The minimum Gasteiger partial charge on any atom is -0.383 e. The van der Waals surface area contributed by atoms with Gasteiger partial charge >= 0.3 is 0 Å². The Bertz CT molecular complexity index is 437. The van der Waals surface area contributed by atoms with Crippen molar-refractivity contribution in [3.05, 3.63) is 11.9 Å². The van der Waals surface area contributed by atoms with Gasteiger partial charge in [0.05, 0.1) is 18.5 Å². The van der Waals surface area contributed by atoms with Crippen molar-refractivity contribution in [2.75, 3.05) is 20.3 Å². The first-order valence-electron chi connectivity index (χ1n) is 5.22. The van der Waals surface area contributed by atoms with Crippen molar-refractivity contribution in [2.45, 2.75) is 24.3 Å². The van der Waals surface area contributed by atoms with Gasteiger partial charge in [-0.3, -0.25) is 5.10 Å². The molecule has 17 heavy (non-hydrogen) atoms. The number of nitrogens with two attached hydrogens (primary N) is 1. The van der Waals surface area contributed by atoms with Crippen LogP contribution in [0.2, 0.25) is 0 Å². The molecule has 0 aliphatic heterocycles. The number of nitrogens with zero attached hydrogens (tertiary/aromatic N) is 1. The lowest BCUT2D eigenvalue weighted by molar-refractivity contribution is 0.172. The van der Waals surface area contributed by atoms with Crippen molar-refractivity contribution in [3.8, 4) is 0 Å². The van der Waals surface area contributed by atoms with Crippen LogP contribution >= 0.6 is 0 Å². The van der Waals surface area contributed by atoms with E-state index in [0.29, 0.717) is 18.7 Å². The third kappa shape index (κ3) is 3.77. The maximum absolute atomic E-state index is 12.0. The summed E-state index contributed by atoms with van der Waals surface area (Å²) in [7, 11) is -2.06. The second kappa shape index (κ2) is 6.10. The van der Waals surface area contributed by atoms with E-state index in [1.54, 1.807) is 6.92 Å². The molecule has 1 heterocycles. The van der Waals surface area contributed by atoms with Crippen molar-refractivity contribution in [3.63, 3.8) is 0 Å². The number of hydrogen-bond donors (Lipinski definition) is 3. The zero-order valence-electron chi connectivity index (χ0n) is 9.93. The molecule has 0 fully saturated rings. The van der Waals surface area contributed by atoms with Gasteiger partial charge in [0.1, 0.15) is 4.90 Å². The molecule has 0 saturated heterocycles. The highest BCUT2D eigenvalue weighted by Gasteiger charge is 2.22. The highest BCUT2D eigenvalue weighted by Crippen LogP contribution is 2.11. The predicted octanol–water partition coefficient (Wildman–Crippen LogP) is -0.640. The van der Waals surface area contributed by atoms with E-state index in [4.69, 9.17) is 10.5 Å². The summed E-state index contributed by atoms with van der Waals surface area (Å²) in [6, 6.07) is -0.329. The monoisotopic (exact) mass is 262 g/mol. The fourth-order valence-electron chi connectivity index (χ4n) is 1.47. The number of H-pyrrole nitrogens is 1. The van der Waals surface area contributed by atoms with Crippen LogP contribution in [0.15, 0.2) is 11.1 Å². The highest BCUT2D eigenvalue weighted by molar-refractivity contribution is 7.89. The molecule has 0 spiro atoms. The molecule has 1 aromatic heterocycles. The number of rotatable bonds is 7. The summed E-state index contributed by atoms with van der Waals surface area (Å²) in [6.07, 6.45) is 1.80. The van der Waals surface area contributed by atoms with Gasteiger partial charge in [-0.1, -0.05) is 0 Å². The van der Waals surface area contributed by atoms with Crippen LogP contribution in [0.5, 0.6) is 0 Å². The lowest BCUT2D eigenvalue weighted by Crippen LogP contribution is -2.39. The van der Waals surface area contributed by atoms with Gasteiger partial charge in [0.25, 0.3) is 0 Å². The van der Waals surface area contributed by atoms with E-state index in [2.05, 4.69) is 14.9 Å². The molecule has 0 bridgehead atoms. The zero-order valence-corrected chi connectivity index (χ0v) is 10.8. The van der Waals surface area contributed by atoms with Gasteiger partial charge in [-0.2, -0.15) is 5.10 Å². The maximum atomic E-state index is 12.0. The molecule has 4 N–H and O–H groups in total. The molecule has 8 heteroatoms. The number of aryl methyl sites for hydroxylation is 1. The summed E-state index contributed by atoms with van der Waals surface area (Å²) in [5.41, 5.74) is 5.92. The quantitative estimate of drug-likeness (QED) is 0.605. The summed E-state index contributed by atoms with van der Waals surface area (Å²) >= 11 is 0. The Morgan fingerprint density at radius 3 is 2.82 bits per heavy atom. The first-order chi connectivity index (χ1) is 8.01. The summed E-state index contributed by atoms with van der Waals surface area (Å²) in [5, 5.41) is 6.27. The molecule has 1 rings (SSSR count). The predicted molar refractivity (Wildman–Crippen MR) is 63.0 cm³/mol. The third-order valence-corrected chi connectivity index (χ3v) is 3.91. The van der Waals surface area contributed by atoms with Gasteiger partial charge in [-0.15, -0.1) is 0 Å². The van der Waals surface area contributed by atoms with Crippen LogP contribution in [0.4, 0.5) is 0 Å². The highest BCUT2D eigenvalue weighted by atomic mass is 32.2. The average Bonchev–Trinajstić information content (AvgIpc) is 2.65. The largest absolute Gasteiger partial charge is 0.383 e. The van der Waals surface area contributed by atoms with Gasteiger partial charge in [0, 0.05) is 13.2 Å². The van der Waals surface area contributed by atoms with Crippen LogP contribution in [0.3, 0.4) is 0 Å². The second-order valence-corrected chi connectivity index (χ2v) is 5.39. The van der Waals surface area contributed by atoms with Gasteiger partial charge in [0.15, 0.2) is 0 Å². The Labute approximate surface area is 101 Å². The molecule has 98 valence electrons. The van der Waals surface area contributed by atoms with E-state index in [-0.39, 0.29) is 17.5 Å². The van der Waals surface area contributed by atoms with Crippen molar-refractivity contribution in [1.29, 1.82) is 0 Å². The summed E-state index contributed by atoms with van der Waals surface area (Å²) in [6.45, 7) is 2.32. The van der Waals surface area contributed by atoms with Crippen LogP contribution < -0.4 is 10.5 Å². The number of nitrogens with one attached hydrogen (secondary N) is 2. The first-order valence-corrected chi connectivity index (χ1v) is 6.71. The standard InChI is InChI=1S/C9H18N4O3S/c1-7-9(5-11-12-7)17(14,15)13-8(3-4-10)6-16-2/h5,8,13H,3-4,6,10H2,1-2H3,(H,11,12). The van der Waals surface area contributed by atoms with Crippen molar-refractivity contribution in [2.24, 2.45) is 5.73 Å². The molecule has 0 saturated carbocycles. The Balaban J connectivity index is 2.81. The molecule has 1 atom stereocenters. The molecule has 0 aliphatic rings. The van der Waals surface area contributed by atoms with Crippen LogP contribution in [-0.4, -0.2) is 44.9 Å². The average molecular weight is 262 g/mol. The first kappa shape index (κ1) is 14.1. The van der Waals surface area contributed by atoms with E-state index in [1.807, 2.05) is 0 Å². The Morgan fingerprint density at radius 2 is 2.35 bits per heavy atom. The summed E-state index contributed by atoms with van der Waals surface area (Å²) in [5.74, 6) is 0. The number of ether oxygens (including phenoxy) is 1. The van der Waals surface area contributed by atoms with Crippen molar-refractivity contribution >= 4 is 10.0 Å². The number of aromatic amines is 1. The normalized spacial score (nSPS) is 13.8. The molecule has 0 aromatic carbocycles. The SMILES string of the molecule is COCC(CCN)NS(=O)(=O)c1cn[nH]c1C. The van der Waals surface area contributed by atoms with Crippen LogP contribution in [-0.2, 0) is 14.8 Å². The third-order valence-electron chi connectivity index (χ3n) is 2.28. The van der Waals surface area contributed by atoms with Crippen molar-refractivity contribution < 1.29 is 13.2 Å². The lowest BCUT2D eigenvalue weighted by Gasteiger charge is -2.16. The molecular weight excluding hydrogens is 244 g/mol. The van der Waals surface area contributed by atoms with Crippen molar-refractivity contribution in [1.82, 2.24) is 14.9 Å². The molecule has 1 aromatic rings. The van der Waals surface area contributed by atoms with E-state index < -0.39 is 10.0 Å². The minimum atomic E-state index is -3.57. The zero-order chi connectivity index (χ0) is 12.9. The molecule has 0 amide bonds. The fourth-order valence-corrected chi connectivity index (χ4v) is 2.86. The van der Waals surface area contributed by atoms with Crippen LogP contribution in [0, 0.1) is 6.92 Å². The van der Waals surface area contributed by atoms with E-state index in [1.165, 1.54) is 13.3 Å². The molecule has 0 aliphatic carbocycles. The lowest BCUT2D eigenvalue weighted by atomic mass is 10.2. The Morgan fingerprint density at radius 1 is 1.65 bits per heavy atom. The van der Waals surface area contributed by atoms with Gasteiger partial charge in [0.2, 0.25) is 10.0 Å². The Hall–Kier alpha value is -0.960. The smallest absolute Gasteiger partial charge is 0.244 e. The topological polar surface area (TPSA) is 110 Å². The summed E-state index contributed by atoms with van der Waals surface area (Å²) in [4.78, 5) is 0.149. The van der Waals surface area contributed by atoms with Crippen LogP contribution in [0.1, 0.15) is 12.1 Å². The fraction of sp³-hybridized carbons (Fsp3) is 0.667. The summed E-state index contributed by atoms with van der Waals surface area (Å²) < 4.78 is 31.5. The molecular formula is C9H18N4O3S. The van der Waals surface area contributed by atoms with Gasteiger partial charge in [-0.05, 0) is 19.9 Å². The van der Waals surface area contributed by atoms with Gasteiger partial charge < -0.3 is 10.5 Å². The number of sulfonamides is 1. The van der Waals surface area contributed by atoms with E-state index >= 15 is 0 Å². The van der Waals surface area contributed by atoms with E-state index in [9.17, 15) is 8.42 Å². The van der Waals surface area contributed by atoms with E-state index in [0.717, 1.165) is 0 Å². The van der Waals surface area contributed by atoms with Crippen LogP contribution in [0.25, 0.3) is 0 Å². The molecule has 1 unspecified atom stereocenters. The maximum Gasteiger partial charge on any atom is 0.244 e. The number of methoxy groups -OCH3 is 1. The van der Waals surface area contributed by atoms with Gasteiger partial charge in [-0.25, -0.2) is 13.1 Å².